The van der Waals surface area contributed by atoms with Crippen LogP contribution in [0.2, 0.25) is 0 Å². The van der Waals surface area contributed by atoms with E-state index in [0.717, 1.165) is 49.4 Å². The van der Waals surface area contributed by atoms with Crippen molar-refractivity contribution in [2.45, 2.75) is 19.3 Å². The molecule has 0 aliphatic heterocycles. The molecule has 2 aromatic carbocycles. The number of unbranched alkanes of at least 4 members (excludes halogenated alkanes) is 1. The monoisotopic (exact) mass is 468 g/mol. The molecule has 34 heavy (non-hydrogen) atoms. The molecule has 0 aliphatic carbocycles. The number of nitrogens with one attached hydrogen (secondary N) is 3. The number of methoxy groups -OCH3 is 2. The molecule has 0 aromatic heterocycles. The smallest absolute Gasteiger partial charge is 0.318 e. The number of urea groups is 1. The van der Waals surface area contributed by atoms with E-state index in [2.05, 4.69) is 27.9 Å². The minimum absolute atomic E-state index is 0.118. The van der Waals surface area contributed by atoms with Gasteiger partial charge in [0.25, 0.3) is 0 Å². The molecule has 0 fully saturated rings. The molecule has 0 saturated heterocycles. The van der Waals surface area contributed by atoms with Crippen molar-refractivity contribution in [2.75, 3.05) is 53.3 Å². The quantitative estimate of drug-likeness (QED) is 0.309. The lowest BCUT2D eigenvalue weighted by atomic mass is 10.1. The van der Waals surface area contributed by atoms with Crippen LogP contribution in [0.4, 0.5) is 10.5 Å². The number of benzene rings is 2. The average Bonchev–Trinajstić information content (AvgIpc) is 2.86. The zero-order chi connectivity index (χ0) is 24.8. The molecule has 3 amide bonds. The van der Waals surface area contributed by atoms with E-state index in [1.165, 1.54) is 11.6 Å². The fourth-order valence-corrected chi connectivity index (χ4v) is 3.26. The lowest BCUT2D eigenvalue weighted by Crippen LogP contribution is -2.25. The van der Waals surface area contributed by atoms with Gasteiger partial charge < -0.3 is 30.3 Å². The Morgan fingerprint density at radius 3 is 2.26 bits per heavy atom. The van der Waals surface area contributed by atoms with Crippen LogP contribution in [0.15, 0.2) is 48.5 Å². The summed E-state index contributed by atoms with van der Waals surface area (Å²) in [6.07, 6.45) is 6.10. The maximum absolute atomic E-state index is 12.0. The van der Waals surface area contributed by atoms with Crippen molar-refractivity contribution in [3.63, 3.8) is 0 Å². The predicted octanol–water partition coefficient (Wildman–Crippen LogP) is 3.54. The van der Waals surface area contributed by atoms with Gasteiger partial charge in [0.15, 0.2) is 0 Å². The van der Waals surface area contributed by atoms with Crippen LogP contribution in [0.5, 0.6) is 11.5 Å². The molecule has 3 N–H and O–H groups in total. The van der Waals surface area contributed by atoms with Crippen molar-refractivity contribution in [1.82, 2.24) is 15.5 Å². The SMILES string of the molecule is CNC(=O)Nc1ccc(/C=C/C(=O)NCCCCN(C)CCc2cc(OC)cc(OC)c2)cc1. The molecule has 8 nitrogen and oxygen atoms in total. The Morgan fingerprint density at radius 1 is 0.971 bits per heavy atom. The minimum atomic E-state index is -0.272. The van der Waals surface area contributed by atoms with Gasteiger partial charge in [0.2, 0.25) is 5.91 Å². The Kier molecular flexibility index (Phi) is 11.5. The molecule has 184 valence electrons. The highest BCUT2D eigenvalue weighted by atomic mass is 16.5. The van der Waals surface area contributed by atoms with Crippen molar-refractivity contribution in [3.05, 3.63) is 59.7 Å². The Bertz CT molecular complexity index is 922. The molecule has 0 aliphatic rings. The van der Waals surface area contributed by atoms with Gasteiger partial charge in [0, 0.05) is 38.0 Å². The van der Waals surface area contributed by atoms with Gasteiger partial charge in [0.05, 0.1) is 14.2 Å². The highest BCUT2D eigenvalue weighted by Gasteiger charge is 2.05. The second kappa shape index (κ2) is 14.6. The van der Waals surface area contributed by atoms with E-state index >= 15 is 0 Å². The van der Waals surface area contributed by atoms with Crippen LogP contribution >= 0.6 is 0 Å². The Balaban J connectivity index is 1.62. The summed E-state index contributed by atoms with van der Waals surface area (Å²) >= 11 is 0. The maximum Gasteiger partial charge on any atom is 0.318 e. The van der Waals surface area contributed by atoms with Gasteiger partial charge in [0.1, 0.15) is 11.5 Å². The van der Waals surface area contributed by atoms with E-state index in [1.807, 2.05) is 30.3 Å². The lowest BCUT2D eigenvalue weighted by Gasteiger charge is -2.17. The number of hydrogen-bond acceptors (Lipinski definition) is 5. The zero-order valence-corrected chi connectivity index (χ0v) is 20.5. The third-order valence-electron chi connectivity index (χ3n) is 5.28. The van der Waals surface area contributed by atoms with Crippen molar-refractivity contribution >= 4 is 23.7 Å². The van der Waals surface area contributed by atoms with Crippen molar-refractivity contribution in [3.8, 4) is 11.5 Å². The first-order valence-electron chi connectivity index (χ1n) is 11.4. The highest BCUT2D eigenvalue weighted by molar-refractivity contribution is 5.92. The van der Waals surface area contributed by atoms with Gasteiger partial charge >= 0.3 is 6.03 Å². The van der Waals surface area contributed by atoms with Crippen LogP contribution in [-0.2, 0) is 11.2 Å². The minimum Gasteiger partial charge on any atom is -0.497 e. The summed E-state index contributed by atoms with van der Waals surface area (Å²) in [4.78, 5) is 25.6. The molecule has 0 saturated carbocycles. The summed E-state index contributed by atoms with van der Waals surface area (Å²) in [6, 6.07) is 12.9. The first-order chi connectivity index (χ1) is 16.4. The average molecular weight is 469 g/mol. The molecule has 0 spiro atoms. The third kappa shape index (κ3) is 9.95. The summed E-state index contributed by atoms with van der Waals surface area (Å²) < 4.78 is 10.7. The normalized spacial score (nSPS) is 10.9. The number of anilines is 1. The van der Waals surface area contributed by atoms with E-state index in [9.17, 15) is 9.59 Å². The molecule has 2 rings (SSSR count). The van der Waals surface area contributed by atoms with Crippen LogP contribution in [0, 0.1) is 0 Å². The molecule has 0 radical (unpaired) electrons. The molecule has 2 aromatic rings. The van der Waals surface area contributed by atoms with E-state index in [4.69, 9.17) is 9.47 Å². The van der Waals surface area contributed by atoms with Crippen LogP contribution < -0.4 is 25.4 Å². The number of likely N-dealkylation sites (N-methyl/N-ethyl adjacent to an activating group) is 1. The van der Waals surface area contributed by atoms with Crippen LogP contribution in [0.25, 0.3) is 6.08 Å². The lowest BCUT2D eigenvalue weighted by molar-refractivity contribution is -0.116. The number of carbonyl (C=O) groups excluding carboxylic acids is 2. The number of ether oxygens (including phenoxy) is 2. The van der Waals surface area contributed by atoms with E-state index < -0.39 is 0 Å². The van der Waals surface area contributed by atoms with Gasteiger partial charge in [-0.3, -0.25) is 4.79 Å². The zero-order valence-electron chi connectivity index (χ0n) is 20.5. The number of hydrogen-bond donors (Lipinski definition) is 3. The molecule has 0 heterocycles. The summed E-state index contributed by atoms with van der Waals surface area (Å²) in [5.74, 6) is 1.49. The number of rotatable bonds is 13. The van der Waals surface area contributed by atoms with Crippen molar-refractivity contribution in [1.29, 1.82) is 0 Å². The van der Waals surface area contributed by atoms with E-state index in [0.29, 0.717) is 12.2 Å². The Labute approximate surface area is 202 Å². The Morgan fingerprint density at radius 2 is 1.65 bits per heavy atom. The van der Waals surface area contributed by atoms with Crippen molar-refractivity contribution < 1.29 is 19.1 Å². The van der Waals surface area contributed by atoms with Crippen LogP contribution in [0.3, 0.4) is 0 Å². The van der Waals surface area contributed by atoms with Gasteiger partial charge in [-0.15, -0.1) is 0 Å². The second-order valence-corrected chi connectivity index (χ2v) is 7.93. The topological polar surface area (TPSA) is 91.9 Å². The molecule has 0 bridgehead atoms. The first-order valence-corrected chi connectivity index (χ1v) is 11.4. The fraction of sp³-hybridized carbons (Fsp3) is 0.385. The van der Waals surface area contributed by atoms with E-state index in [-0.39, 0.29) is 11.9 Å². The van der Waals surface area contributed by atoms with Gasteiger partial charge in [-0.1, -0.05) is 12.1 Å². The maximum atomic E-state index is 12.0. The number of nitrogens with zero attached hydrogens (tertiary/aromatic N) is 1. The summed E-state index contributed by atoms with van der Waals surface area (Å²) in [5, 5.41) is 8.10. The molecule has 0 atom stereocenters. The van der Waals surface area contributed by atoms with E-state index in [1.54, 1.807) is 39.5 Å². The molecular formula is C26H36N4O4. The van der Waals surface area contributed by atoms with Gasteiger partial charge in [-0.05, 0) is 74.3 Å². The summed E-state index contributed by atoms with van der Waals surface area (Å²) in [6.45, 7) is 2.53. The molecule has 0 unspecified atom stereocenters. The van der Waals surface area contributed by atoms with Crippen LogP contribution in [0.1, 0.15) is 24.0 Å². The summed E-state index contributed by atoms with van der Waals surface area (Å²) in [5.41, 5.74) is 2.75. The van der Waals surface area contributed by atoms with Crippen LogP contribution in [-0.4, -0.2) is 64.8 Å². The second-order valence-electron chi connectivity index (χ2n) is 7.93. The third-order valence-corrected chi connectivity index (χ3v) is 5.28. The standard InChI is InChI=1S/C26H36N4O4/c1-27-26(32)29-22-10-7-20(8-11-22)9-12-25(31)28-14-5-6-15-30(2)16-13-21-17-23(33-3)19-24(18-21)34-4/h7-12,17-19H,5-6,13-16H2,1-4H3,(H,28,31)(H2,27,29,32)/b12-9+. The molecule has 8 heteroatoms. The Hall–Kier alpha value is -3.52. The number of carbonyl (C=O) groups is 2. The number of amides is 3. The van der Waals surface area contributed by atoms with Gasteiger partial charge in [-0.2, -0.15) is 0 Å². The summed E-state index contributed by atoms with van der Waals surface area (Å²) in [7, 11) is 6.98. The largest absolute Gasteiger partial charge is 0.497 e. The van der Waals surface area contributed by atoms with Gasteiger partial charge in [-0.25, -0.2) is 4.79 Å². The first kappa shape index (κ1) is 26.7. The molecular weight excluding hydrogens is 432 g/mol. The highest BCUT2D eigenvalue weighted by Crippen LogP contribution is 2.22. The fourth-order valence-electron chi connectivity index (χ4n) is 3.26. The van der Waals surface area contributed by atoms with Crippen molar-refractivity contribution in [2.24, 2.45) is 0 Å². The predicted molar refractivity (Wildman–Crippen MR) is 137 cm³/mol.